The number of nitrogens with zero attached hydrogens (tertiary/aromatic N) is 2. The average Bonchev–Trinajstić information content (AvgIpc) is 3.08. The Morgan fingerprint density at radius 1 is 1.32 bits per heavy atom. The summed E-state index contributed by atoms with van der Waals surface area (Å²) in [5, 5.41) is 16.6. The van der Waals surface area contributed by atoms with E-state index >= 15 is 0 Å². The summed E-state index contributed by atoms with van der Waals surface area (Å²) in [6, 6.07) is 6.90. The van der Waals surface area contributed by atoms with Crippen molar-refractivity contribution in [2.75, 3.05) is 6.54 Å². The van der Waals surface area contributed by atoms with Crippen LogP contribution in [0.1, 0.15) is 29.3 Å². The first-order valence-electron chi connectivity index (χ1n) is 7.01. The molecule has 2 N–H and O–H groups in total. The number of nitrogens with one attached hydrogen (secondary N) is 1. The molecule has 1 aliphatic heterocycles. The van der Waals surface area contributed by atoms with Gasteiger partial charge in [0.05, 0.1) is 11.7 Å². The summed E-state index contributed by atoms with van der Waals surface area (Å²) in [5.41, 5.74) is 0.782. The summed E-state index contributed by atoms with van der Waals surface area (Å²) in [7, 11) is 0. The maximum atomic E-state index is 12.9. The Balaban J connectivity index is 1.85. The summed E-state index contributed by atoms with van der Waals surface area (Å²) < 4.78 is 38.6. The van der Waals surface area contributed by atoms with Gasteiger partial charge in [0.1, 0.15) is 0 Å². The number of aliphatic hydroxyl groups is 1. The van der Waals surface area contributed by atoms with Crippen LogP contribution < -0.4 is 0 Å². The van der Waals surface area contributed by atoms with Gasteiger partial charge in [0.15, 0.2) is 0 Å². The number of benzene rings is 1. The fourth-order valence-electron chi connectivity index (χ4n) is 2.91. The average molecular weight is 311 g/mol. The van der Waals surface area contributed by atoms with E-state index in [2.05, 4.69) is 10.2 Å². The van der Waals surface area contributed by atoms with Crippen LogP contribution in [-0.4, -0.2) is 32.9 Å². The predicted octanol–water partition coefficient (Wildman–Crippen LogP) is 2.74. The van der Waals surface area contributed by atoms with E-state index in [0.717, 1.165) is 11.8 Å². The molecule has 1 aromatic heterocycles. The van der Waals surface area contributed by atoms with Crippen molar-refractivity contribution >= 4 is 0 Å². The van der Waals surface area contributed by atoms with Crippen LogP contribution in [0.5, 0.6) is 0 Å². The summed E-state index contributed by atoms with van der Waals surface area (Å²) in [6.45, 7) is 0.942. The van der Waals surface area contributed by atoms with Crippen molar-refractivity contribution in [1.82, 2.24) is 15.1 Å². The highest BCUT2D eigenvalue weighted by molar-refractivity contribution is 5.29. The third kappa shape index (κ3) is 3.15. The second kappa shape index (κ2) is 5.73. The molecule has 0 bridgehead atoms. The number of rotatable bonds is 3. The molecule has 1 aliphatic rings. The van der Waals surface area contributed by atoms with Gasteiger partial charge >= 0.3 is 6.18 Å². The molecule has 22 heavy (non-hydrogen) atoms. The second-order valence-electron chi connectivity index (χ2n) is 5.54. The molecule has 1 aromatic carbocycles. The van der Waals surface area contributed by atoms with E-state index < -0.39 is 17.8 Å². The Morgan fingerprint density at radius 2 is 2.14 bits per heavy atom. The Morgan fingerprint density at radius 3 is 2.82 bits per heavy atom. The lowest BCUT2D eigenvalue weighted by Crippen LogP contribution is -2.24. The quantitative estimate of drug-likeness (QED) is 0.916. The van der Waals surface area contributed by atoms with Gasteiger partial charge in [-0.1, -0.05) is 12.1 Å². The molecule has 118 valence electrons. The molecule has 4 nitrogen and oxygen atoms in total. The highest BCUT2D eigenvalue weighted by atomic mass is 19.4. The number of aliphatic hydroxyl groups excluding tert-OH is 1. The molecule has 2 aromatic rings. The summed E-state index contributed by atoms with van der Waals surface area (Å²) in [4.78, 5) is 1.97. The molecule has 3 rings (SSSR count). The van der Waals surface area contributed by atoms with Crippen molar-refractivity contribution in [3.05, 3.63) is 53.3 Å². The molecular weight excluding hydrogens is 295 g/mol. The maximum Gasteiger partial charge on any atom is 0.416 e. The Hall–Kier alpha value is -1.86. The maximum absolute atomic E-state index is 12.9. The highest BCUT2D eigenvalue weighted by Crippen LogP contribution is 2.36. The normalized spacial score (nSPS) is 23.1. The number of aromatic nitrogens is 2. The molecule has 0 amide bonds. The number of H-pyrrole nitrogens is 1. The van der Waals surface area contributed by atoms with Gasteiger partial charge in [-0.3, -0.25) is 10.00 Å². The number of hydrogen-bond acceptors (Lipinski definition) is 3. The van der Waals surface area contributed by atoms with Gasteiger partial charge < -0.3 is 5.11 Å². The third-order valence-corrected chi connectivity index (χ3v) is 3.91. The lowest BCUT2D eigenvalue weighted by molar-refractivity contribution is -0.137. The zero-order valence-corrected chi connectivity index (χ0v) is 11.7. The minimum atomic E-state index is -4.36. The molecule has 0 aliphatic carbocycles. The van der Waals surface area contributed by atoms with E-state index in [9.17, 15) is 18.3 Å². The number of likely N-dealkylation sites (tertiary alicyclic amines) is 1. The van der Waals surface area contributed by atoms with Crippen LogP contribution in [0.2, 0.25) is 0 Å². The van der Waals surface area contributed by atoms with Gasteiger partial charge in [-0.05, 0) is 30.2 Å². The zero-order chi connectivity index (χ0) is 15.7. The van der Waals surface area contributed by atoms with Crippen LogP contribution in [0.3, 0.4) is 0 Å². The van der Waals surface area contributed by atoms with Crippen molar-refractivity contribution in [3.63, 3.8) is 0 Å². The molecule has 1 fully saturated rings. The summed E-state index contributed by atoms with van der Waals surface area (Å²) in [5.74, 6) is 0. The van der Waals surface area contributed by atoms with Gasteiger partial charge in [0.25, 0.3) is 0 Å². The molecule has 7 heteroatoms. The van der Waals surface area contributed by atoms with E-state index in [1.54, 1.807) is 12.3 Å². The number of hydrogen-bond donors (Lipinski definition) is 2. The SMILES string of the molecule is O[C@@H]1C[C@H](c2cccc(C(F)(F)F)c2)N(Cc2ccn[nH]2)C1. The van der Waals surface area contributed by atoms with Crippen LogP contribution >= 0.6 is 0 Å². The molecule has 2 atom stereocenters. The van der Waals surface area contributed by atoms with Crippen molar-refractivity contribution in [2.45, 2.75) is 31.3 Å². The first-order valence-corrected chi connectivity index (χ1v) is 7.01. The number of alkyl halides is 3. The topological polar surface area (TPSA) is 52.1 Å². The van der Waals surface area contributed by atoms with E-state index in [1.165, 1.54) is 12.1 Å². The summed E-state index contributed by atoms with van der Waals surface area (Å²) >= 11 is 0. The van der Waals surface area contributed by atoms with E-state index in [0.29, 0.717) is 25.1 Å². The minimum Gasteiger partial charge on any atom is -0.392 e. The Bertz CT molecular complexity index is 627. The molecule has 2 heterocycles. The Kier molecular flexibility index (Phi) is 3.92. The van der Waals surface area contributed by atoms with E-state index in [4.69, 9.17) is 0 Å². The van der Waals surface area contributed by atoms with Crippen molar-refractivity contribution in [3.8, 4) is 0 Å². The largest absolute Gasteiger partial charge is 0.416 e. The first-order chi connectivity index (χ1) is 10.4. The minimum absolute atomic E-state index is 0.236. The Labute approximate surface area is 125 Å². The lowest BCUT2D eigenvalue weighted by Gasteiger charge is -2.24. The molecular formula is C15H16F3N3O. The van der Waals surface area contributed by atoms with E-state index in [1.807, 2.05) is 11.0 Å². The van der Waals surface area contributed by atoms with E-state index in [-0.39, 0.29) is 6.04 Å². The first kappa shape index (κ1) is 15.1. The molecule has 1 saturated heterocycles. The zero-order valence-electron chi connectivity index (χ0n) is 11.7. The lowest BCUT2D eigenvalue weighted by atomic mass is 10.0. The number of aromatic amines is 1. The molecule has 0 spiro atoms. The summed E-state index contributed by atoms with van der Waals surface area (Å²) in [6.07, 6.45) is -2.85. The van der Waals surface area contributed by atoms with Crippen LogP contribution in [0.15, 0.2) is 36.5 Å². The van der Waals surface area contributed by atoms with Crippen molar-refractivity contribution in [1.29, 1.82) is 0 Å². The fourth-order valence-corrected chi connectivity index (χ4v) is 2.91. The number of β-amino-alcohol motifs (C(OH)–C–C–N with tert-alkyl or cyclic N) is 1. The standard InChI is InChI=1S/C15H16F3N3O/c16-15(17,18)11-3-1-2-10(6-11)14-7-13(22)9-21(14)8-12-4-5-19-20-12/h1-6,13-14,22H,7-9H2,(H,19,20)/t13-,14-/m1/s1. The smallest absolute Gasteiger partial charge is 0.392 e. The third-order valence-electron chi connectivity index (χ3n) is 3.91. The predicted molar refractivity (Wildman–Crippen MR) is 73.8 cm³/mol. The fraction of sp³-hybridized carbons (Fsp3) is 0.400. The molecule has 0 unspecified atom stereocenters. The molecule has 0 radical (unpaired) electrons. The van der Waals surface area contributed by atoms with Crippen LogP contribution in [0.25, 0.3) is 0 Å². The van der Waals surface area contributed by atoms with Crippen molar-refractivity contribution < 1.29 is 18.3 Å². The monoisotopic (exact) mass is 311 g/mol. The van der Waals surface area contributed by atoms with Crippen LogP contribution in [0, 0.1) is 0 Å². The van der Waals surface area contributed by atoms with Gasteiger partial charge in [0.2, 0.25) is 0 Å². The van der Waals surface area contributed by atoms with Crippen molar-refractivity contribution in [2.24, 2.45) is 0 Å². The van der Waals surface area contributed by atoms with Gasteiger partial charge in [-0.25, -0.2) is 0 Å². The highest BCUT2D eigenvalue weighted by Gasteiger charge is 2.35. The van der Waals surface area contributed by atoms with Crippen LogP contribution in [-0.2, 0) is 12.7 Å². The second-order valence-corrected chi connectivity index (χ2v) is 5.54. The van der Waals surface area contributed by atoms with Crippen LogP contribution in [0.4, 0.5) is 13.2 Å². The van der Waals surface area contributed by atoms with Gasteiger partial charge in [-0.15, -0.1) is 0 Å². The van der Waals surface area contributed by atoms with Gasteiger partial charge in [0, 0.05) is 31.0 Å². The molecule has 0 saturated carbocycles. The number of halogens is 3. The van der Waals surface area contributed by atoms with Gasteiger partial charge in [-0.2, -0.15) is 18.3 Å².